The molecule has 0 bridgehead atoms. The van der Waals surface area contributed by atoms with E-state index in [1.807, 2.05) is 30.3 Å². The van der Waals surface area contributed by atoms with E-state index in [1.54, 1.807) is 6.07 Å². The SMILES string of the molecule is Fc1cccc(COc2ccccc2[C@H]2CCON2)c1. The van der Waals surface area contributed by atoms with E-state index in [0.29, 0.717) is 13.2 Å². The van der Waals surface area contributed by atoms with Crippen LogP contribution in [0.15, 0.2) is 48.5 Å². The van der Waals surface area contributed by atoms with Crippen molar-refractivity contribution in [3.8, 4) is 5.75 Å². The number of ether oxygens (including phenoxy) is 1. The molecule has 20 heavy (non-hydrogen) atoms. The number of benzene rings is 2. The number of para-hydroxylation sites is 1. The third kappa shape index (κ3) is 2.98. The van der Waals surface area contributed by atoms with E-state index in [9.17, 15) is 4.39 Å². The van der Waals surface area contributed by atoms with Crippen molar-refractivity contribution in [2.75, 3.05) is 6.61 Å². The van der Waals surface area contributed by atoms with E-state index in [0.717, 1.165) is 23.3 Å². The van der Waals surface area contributed by atoms with Gasteiger partial charge in [0.15, 0.2) is 0 Å². The number of nitrogens with one attached hydrogen (secondary N) is 1. The Morgan fingerprint density at radius 2 is 2.10 bits per heavy atom. The third-order valence-electron chi connectivity index (χ3n) is 3.31. The first kappa shape index (κ1) is 13.1. The molecule has 1 aliphatic rings. The van der Waals surface area contributed by atoms with Crippen molar-refractivity contribution in [3.63, 3.8) is 0 Å². The van der Waals surface area contributed by atoms with Gasteiger partial charge in [-0.1, -0.05) is 30.3 Å². The molecule has 0 amide bonds. The Morgan fingerprint density at radius 1 is 1.20 bits per heavy atom. The second-order valence-corrected chi connectivity index (χ2v) is 4.76. The Morgan fingerprint density at radius 3 is 2.90 bits per heavy atom. The van der Waals surface area contributed by atoms with Crippen LogP contribution < -0.4 is 10.2 Å². The highest BCUT2D eigenvalue weighted by Crippen LogP contribution is 2.30. The van der Waals surface area contributed by atoms with Gasteiger partial charge in [0.2, 0.25) is 0 Å². The molecular weight excluding hydrogens is 257 g/mol. The quantitative estimate of drug-likeness (QED) is 0.926. The molecule has 2 aromatic rings. The molecule has 0 aliphatic carbocycles. The standard InChI is InChI=1S/C16H16FNO2/c17-13-5-3-4-12(10-13)11-19-16-7-2-1-6-14(16)15-8-9-20-18-15/h1-7,10,15,18H,8-9,11H2/t15-/m1/s1. The lowest BCUT2D eigenvalue weighted by Gasteiger charge is -2.15. The van der Waals surface area contributed by atoms with Gasteiger partial charge in [-0.3, -0.25) is 0 Å². The predicted octanol–water partition coefficient (Wildman–Crippen LogP) is 3.37. The summed E-state index contributed by atoms with van der Waals surface area (Å²) >= 11 is 0. The van der Waals surface area contributed by atoms with Crippen LogP contribution in [-0.4, -0.2) is 6.61 Å². The zero-order valence-electron chi connectivity index (χ0n) is 11.0. The molecule has 2 aromatic carbocycles. The number of halogens is 1. The Balaban J connectivity index is 1.74. The number of hydrogen-bond donors (Lipinski definition) is 1. The van der Waals surface area contributed by atoms with Gasteiger partial charge in [0, 0.05) is 5.56 Å². The van der Waals surface area contributed by atoms with Crippen LogP contribution in [0.2, 0.25) is 0 Å². The molecule has 104 valence electrons. The van der Waals surface area contributed by atoms with Crippen molar-refractivity contribution in [3.05, 3.63) is 65.5 Å². The molecule has 1 atom stereocenters. The van der Waals surface area contributed by atoms with Crippen LogP contribution >= 0.6 is 0 Å². The first-order chi connectivity index (χ1) is 9.83. The van der Waals surface area contributed by atoms with Gasteiger partial charge in [0.05, 0.1) is 12.6 Å². The third-order valence-corrected chi connectivity index (χ3v) is 3.31. The Bertz CT molecular complexity index is 582. The minimum Gasteiger partial charge on any atom is -0.489 e. The van der Waals surface area contributed by atoms with E-state index in [4.69, 9.17) is 9.57 Å². The molecule has 3 nitrogen and oxygen atoms in total. The van der Waals surface area contributed by atoms with Gasteiger partial charge in [-0.15, -0.1) is 0 Å². The molecule has 1 fully saturated rings. The van der Waals surface area contributed by atoms with Gasteiger partial charge < -0.3 is 9.57 Å². The molecular formula is C16H16FNO2. The van der Waals surface area contributed by atoms with Crippen molar-refractivity contribution in [2.24, 2.45) is 0 Å². The lowest BCUT2D eigenvalue weighted by Crippen LogP contribution is -2.12. The lowest BCUT2D eigenvalue weighted by molar-refractivity contribution is 0.0877. The van der Waals surface area contributed by atoms with Crippen LogP contribution in [0.3, 0.4) is 0 Å². The molecule has 1 heterocycles. The summed E-state index contributed by atoms with van der Waals surface area (Å²) in [4.78, 5) is 5.19. The van der Waals surface area contributed by atoms with Crippen molar-refractivity contribution < 1.29 is 14.0 Å². The minimum absolute atomic E-state index is 0.152. The average molecular weight is 273 g/mol. The van der Waals surface area contributed by atoms with E-state index in [1.165, 1.54) is 12.1 Å². The predicted molar refractivity (Wildman–Crippen MR) is 73.6 cm³/mol. The van der Waals surface area contributed by atoms with Crippen LogP contribution in [0.25, 0.3) is 0 Å². The Hall–Kier alpha value is -1.91. The molecule has 0 spiro atoms. The summed E-state index contributed by atoms with van der Waals surface area (Å²) in [7, 11) is 0. The summed E-state index contributed by atoms with van der Waals surface area (Å²) in [5.41, 5.74) is 4.87. The van der Waals surface area contributed by atoms with E-state index in [2.05, 4.69) is 5.48 Å². The molecule has 0 saturated carbocycles. The molecule has 1 N–H and O–H groups in total. The van der Waals surface area contributed by atoms with Gasteiger partial charge in [0.25, 0.3) is 0 Å². The maximum absolute atomic E-state index is 13.1. The summed E-state index contributed by atoms with van der Waals surface area (Å²) in [6.07, 6.45) is 0.917. The highest BCUT2D eigenvalue weighted by atomic mass is 19.1. The molecule has 0 unspecified atom stereocenters. The van der Waals surface area contributed by atoms with Gasteiger partial charge >= 0.3 is 0 Å². The zero-order chi connectivity index (χ0) is 13.8. The fourth-order valence-corrected chi connectivity index (χ4v) is 2.30. The van der Waals surface area contributed by atoms with Crippen molar-refractivity contribution in [1.29, 1.82) is 0 Å². The van der Waals surface area contributed by atoms with Crippen LogP contribution in [0, 0.1) is 5.82 Å². The highest BCUT2D eigenvalue weighted by molar-refractivity contribution is 5.36. The molecule has 1 aliphatic heterocycles. The topological polar surface area (TPSA) is 30.5 Å². The summed E-state index contributed by atoms with van der Waals surface area (Å²) < 4.78 is 19.0. The Labute approximate surface area is 117 Å². The van der Waals surface area contributed by atoms with Gasteiger partial charge in [-0.05, 0) is 30.2 Å². The normalized spacial score (nSPS) is 18.1. The second-order valence-electron chi connectivity index (χ2n) is 4.76. The molecule has 0 radical (unpaired) electrons. The molecule has 0 aromatic heterocycles. The van der Waals surface area contributed by atoms with Crippen LogP contribution in [0.1, 0.15) is 23.6 Å². The van der Waals surface area contributed by atoms with Crippen molar-refractivity contribution >= 4 is 0 Å². The van der Waals surface area contributed by atoms with Crippen molar-refractivity contribution in [2.45, 2.75) is 19.1 Å². The number of rotatable bonds is 4. The number of hydroxylamine groups is 1. The fourth-order valence-electron chi connectivity index (χ4n) is 2.30. The van der Waals surface area contributed by atoms with Gasteiger partial charge in [0.1, 0.15) is 18.2 Å². The Kier molecular flexibility index (Phi) is 3.95. The summed E-state index contributed by atoms with van der Waals surface area (Å²) in [6.45, 7) is 1.05. The molecule has 1 saturated heterocycles. The van der Waals surface area contributed by atoms with E-state index >= 15 is 0 Å². The largest absolute Gasteiger partial charge is 0.489 e. The first-order valence-corrected chi connectivity index (χ1v) is 6.66. The van der Waals surface area contributed by atoms with Gasteiger partial charge in [-0.25, -0.2) is 4.39 Å². The smallest absolute Gasteiger partial charge is 0.124 e. The highest BCUT2D eigenvalue weighted by Gasteiger charge is 2.20. The van der Waals surface area contributed by atoms with Crippen LogP contribution in [0.4, 0.5) is 4.39 Å². The molecule has 3 rings (SSSR count). The van der Waals surface area contributed by atoms with Crippen LogP contribution in [-0.2, 0) is 11.4 Å². The first-order valence-electron chi connectivity index (χ1n) is 6.66. The van der Waals surface area contributed by atoms with E-state index < -0.39 is 0 Å². The molecule has 4 heteroatoms. The fraction of sp³-hybridized carbons (Fsp3) is 0.250. The summed E-state index contributed by atoms with van der Waals surface area (Å²) in [5.74, 6) is 0.560. The van der Waals surface area contributed by atoms with E-state index in [-0.39, 0.29) is 11.9 Å². The zero-order valence-corrected chi connectivity index (χ0v) is 11.0. The van der Waals surface area contributed by atoms with Crippen molar-refractivity contribution in [1.82, 2.24) is 5.48 Å². The number of hydrogen-bond acceptors (Lipinski definition) is 3. The van der Waals surface area contributed by atoms with Crippen LogP contribution in [0.5, 0.6) is 5.75 Å². The second kappa shape index (κ2) is 6.03. The maximum Gasteiger partial charge on any atom is 0.124 e. The summed E-state index contributed by atoms with van der Waals surface area (Å²) in [5, 5.41) is 0. The maximum atomic E-state index is 13.1. The monoisotopic (exact) mass is 273 g/mol. The minimum atomic E-state index is -0.245. The lowest BCUT2D eigenvalue weighted by atomic mass is 10.0. The average Bonchev–Trinajstić information content (AvgIpc) is 3.00. The summed E-state index contributed by atoms with van der Waals surface area (Å²) in [6, 6.07) is 14.5. The van der Waals surface area contributed by atoms with Gasteiger partial charge in [-0.2, -0.15) is 5.48 Å².